The number of benzene rings is 2. The third-order valence-corrected chi connectivity index (χ3v) is 5.46. The number of carbonyl (C=O) groups is 1. The second-order valence-electron chi connectivity index (χ2n) is 5.29. The quantitative estimate of drug-likeness (QED) is 0.498. The van der Waals surface area contributed by atoms with Crippen LogP contribution >= 0.6 is 35.2 Å². The fourth-order valence-corrected chi connectivity index (χ4v) is 4.10. The summed E-state index contributed by atoms with van der Waals surface area (Å²) in [6.45, 7) is 0. The standard InChI is InChI=1S/C17H10ClN3O2S2/c18-10-6-2-3-7-11(10)19-16(23)13-14-20-15(22)9-5-1-4-8-12(9)21(14)17(24)25-13/h1-8H,(H,19,23)(H,20,22). The van der Waals surface area contributed by atoms with E-state index in [2.05, 4.69) is 10.3 Å². The number of rotatable bonds is 2. The number of halogens is 1. The molecule has 2 aromatic heterocycles. The highest BCUT2D eigenvalue weighted by Crippen LogP contribution is 2.25. The molecule has 5 nitrogen and oxygen atoms in total. The van der Waals surface area contributed by atoms with Crippen molar-refractivity contribution in [1.82, 2.24) is 9.38 Å². The molecular formula is C17H10ClN3O2S2. The van der Waals surface area contributed by atoms with E-state index in [-0.39, 0.29) is 11.5 Å². The Bertz CT molecular complexity index is 1260. The lowest BCUT2D eigenvalue weighted by molar-refractivity contribution is 0.103. The molecule has 4 rings (SSSR count). The molecule has 124 valence electrons. The molecule has 2 aromatic carbocycles. The summed E-state index contributed by atoms with van der Waals surface area (Å²) in [4.78, 5) is 28.1. The predicted molar refractivity (Wildman–Crippen MR) is 104 cm³/mol. The summed E-state index contributed by atoms with van der Waals surface area (Å²) in [7, 11) is 0. The van der Waals surface area contributed by atoms with Crippen LogP contribution in [0, 0.1) is 3.95 Å². The van der Waals surface area contributed by atoms with Crippen LogP contribution in [0.3, 0.4) is 0 Å². The summed E-state index contributed by atoms with van der Waals surface area (Å²) in [5, 5.41) is 3.71. The first-order chi connectivity index (χ1) is 12.1. The number of nitrogens with one attached hydrogen (secondary N) is 2. The van der Waals surface area contributed by atoms with E-state index in [4.69, 9.17) is 23.8 Å². The van der Waals surface area contributed by atoms with Gasteiger partial charge in [-0.25, -0.2) is 0 Å². The largest absolute Gasteiger partial charge is 0.320 e. The number of hydrogen-bond donors (Lipinski definition) is 2. The van der Waals surface area contributed by atoms with E-state index >= 15 is 0 Å². The third-order valence-electron chi connectivity index (χ3n) is 3.76. The van der Waals surface area contributed by atoms with Crippen molar-refractivity contribution in [2.45, 2.75) is 0 Å². The summed E-state index contributed by atoms with van der Waals surface area (Å²) in [6, 6.07) is 14.1. The number of fused-ring (bicyclic) bond motifs is 3. The van der Waals surface area contributed by atoms with Gasteiger partial charge in [0.1, 0.15) is 10.5 Å². The molecule has 0 aliphatic carbocycles. The van der Waals surface area contributed by atoms with Crippen molar-refractivity contribution < 1.29 is 4.79 Å². The Morgan fingerprint density at radius 2 is 1.88 bits per heavy atom. The minimum atomic E-state index is -0.377. The van der Waals surface area contributed by atoms with Crippen molar-refractivity contribution in [2.75, 3.05) is 5.32 Å². The molecule has 4 aromatic rings. The summed E-state index contributed by atoms with van der Waals surface area (Å²) in [5.41, 5.74) is 1.27. The van der Waals surface area contributed by atoms with Crippen LogP contribution in [0.25, 0.3) is 16.6 Å². The van der Waals surface area contributed by atoms with Crippen LogP contribution in [0.2, 0.25) is 5.02 Å². The van der Waals surface area contributed by atoms with Gasteiger partial charge in [-0.3, -0.25) is 14.0 Å². The first-order valence-corrected chi connectivity index (χ1v) is 8.89. The minimum Gasteiger partial charge on any atom is -0.320 e. The van der Waals surface area contributed by atoms with Crippen LogP contribution in [0.4, 0.5) is 5.69 Å². The van der Waals surface area contributed by atoms with Gasteiger partial charge in [-0.1, -0.05) is 47.2 Å². The van der Waals surface area contributed by atoms with E-state index in [0.717, 1.165) is 11.3 Å². The average molecular weight is 388 g/mol. The highest BCUT2D eigenvalue weighted by Gasteiger charge is 2.18. The van der Waals surface area contributed by atoms with Gasteiger partial charge >= 0.3 is 0 Å². The lowest BCUT2D eigenvalue weighted by Gasteiger charge is -2.06. The molecule has 0 atom stereocenters. The van der Waals surface area contributed by atoms with E-state index in [0.29, 0.717) is 36.1 Å². The van der Waals surface area contributed by atoms with Crippen molar-refractivity contribution in [1.29, 1.82) is 0 Å². The van der Waals surface area contributed by atoms with Crippen LogP contribution in [-0.2, 0) is 0 Å². The molecule has 0 radical (unpaired) electrons. The van der Waals surface area contributed by atoms with E-state index in [9.17, 15) is 9.59 Å². The summed E-state index contributed by atoms with van der Waals surface area (Å²) in [5.74, 6) is -0.377. The van der Waals surface area contributed by atoms with Crippen LogP contribution in [-0.4, -0.2) is 15.3 Å². The van der Waals surface area contributed by atoms with E-state index < -0.39 is 0 Å². The average Bonchev–Trinajstić information content (AvgIpc) is 2.94. The number of aromatic nitrogens is 2. The molecule has 0 fully saturated rings. The molecule has 8 heteroatoms. The lowest BCUT2D eigenvalue weighted by Crippen LogP contribution is -2.15. The zero-order chi connectivity index (χ0) is 17.6. The molecule has 0 saturated heterocycles. The number of nitrogens with zero attached hydrogens (tertiary/aromatic N) is 1. The van der Waals surface area contributed by atoms with Crippen molar-refractivity contribution in [3.05, 3.63) is 72.7 Å². The Hall–Kier alpha value is -2.48. The Morgan fingerprint density at radius 3 is 2.68 bits per heavy atom. The summed E-state index contributed by atoms with van der Waals surface area (Å²) >= 11 is 12.6. The number of carbonyl (C=O) groups excluding carboxylic acids is 1. The van der Waals surface area contributed by atoms with Gasteiger partial charge in [0.05, 0.1) is 21.6 Å². The smallest absolute Gasteiger partial charge is 0.269 e. The number of anilines is 1. The number of para-hydroxylation sites is 2. The zero-order valence-corrected chi connectivity index (χ0v) is 15.0. The highest BCUT2D eigenvalue weighted by atomic mass is 35.5. The van der Waals surface area contributed by atoms with Gasteiger partial charge in [0.2, 0.25) is 0 Å². The van der Waals surface area contributed by atoms with Crippen LogP contribution in [0.15, 0.2) is 53.3 Å². The van der Waals surface area contributed by atoms with Gasteiger partial charge in [0, 0.05) is 0 Å². The summed E-state index contributed by atoms with van der Waals surface area (Å²) in [6.07, 6.45) is 0. The fraction of sp³-hybridized carbons (Fsp3) is 0. The minimum absolute atomic E-state index is 0.268. The Labute approximate surface area is 155 Å². The van der Waals surface area contributed by atoms with Crippen LogP contribution in [0.1, 0.15) is 9.67 Å². The molecule has 0 bridgehead atoms. The number of aromatic amines is 1. The van der Waals surface area contributed by atoms with E-state index in [1.165, 1.54) is 0 Å². The lowest BCUT2D eigenvalue weighted by atomic mass is 10.2. The SMILES string of the molecule is O=C(Nc1ccccc1Cl)c1sc(=S)n2c1[nH]c(=O)c1ccccc12. The highest BCUT2D eigenvalue weighted by molar-refractivity contribution is 7.73. The van der Waals surface area contributed by atoms with E-state index in [1.54, 1.807) is 46.9 Å². The second kappa shape index (κ2) is 6.11. The Kier molecular flexibility index (Phi) is 3.91. The number of H-pyrrole nitrogens is 1. The van der Waals surface area contributed by atoms with Crippen LogP contribution in [0.5, 0.6) is 0 Å². The monoisotopic (exact) mass is 387 g/mol. The predicted octanol–water partition coefficient (Wildman–Crippen LogP) is 4.48. The van der Waals surface area contributed by atoms with Crippen LogP contribution < -0.4 is 10.9 Å². The summed E-state index contributed by atoms with van der Waals surface area (Å²) < 4.78 is 2.19. The maximum Gasteiger partial charge on any atom is 0.269 e. The Balaban J connectivity index is 1.92. The zero-order valence-electron chi connectivity index (χ0n) is 12.6. The third kappa shape index (κ3) is 2.66. The molecule has 0 spiro atoms. The van der Waals surface area contributed by atoms with E-state index in [1.807, 2.05) is 6.07 Å². The molecule has 0 aliphatic heterocycles. The maximum absolute atomic E-state index is 12.7. The molecule has 0 aliphatic rings. The molecule has 25 heavy (non-hydrogen) atoms. The molecule has 2 N–H and O–H groups in total. The van der Waals surface area contributed by atoms with Gasteiger partial charge in [0.25, 0.3) is 11.5 Å². The number of amides is 1. The first-order valence-electron chi connectivity index (χ1n) is 7.29. The van der Waals surface area contributed by atoms with Gasteiger partial charge < -0.3 is 10.3 Å². The normalized spacial score (nSPS) is 11.1. The molecular weight excluding hydrogens is 378 g/mol. The molecule has 2 heterocycles. The van der Waals surface area contributed by atoms with Gasteiger partial charge in [-0.2, -0.15) is 0 Å². The Morgan fingerprint density at radius 1 is 1.16 bits per heavy atom. The van der Waals surface area contributed by atoms with Crippen molar-refractivity contribution in [2.24, 2.45) is 0 Å². The number of hydrogen-bond acceptors (Lipinski definition) is 4. The molecule has 0 unspecified atom stereocenters. The first kappa shape index (κ1) is 16.0. The molecule has 1 amide bonds. The van der Waals surface area contributed by atoms with Crippen molar-refractivity contribution in [3.63, 3.8) is 0 Å². The van der Waals surface area contributed by atoms with Gasteiger partial charge in [0.15, 0.2) is 3.95 Å². The number of thiazole rings is 1. The topological polar surface area (TPSA) is 66.4 Å². The molecule has 0 saturated carbocycles. The van der Waals surface area contributed by atoms with Crippen molar-refractivity contribution in [3.8, 4) is 0 Å². The maximum atomic E-state index is 12.7. The van der Waals surface area contributed by atoms with Gasteiger partial charge in [-0.05, 0) is 36.5 Å². The van der Waals surface area contributed by atoms with Gasteiger partial charge in [-0.15, -0.1) is 0 Å². The second-order valence-corrected chi connectivity index (χ2v) is 7.34. The fourth-order valence-electron chi connectivity index (χ4n) is 2.64. The van der Waals surface area contributed by atoms with Crippen molar-refractivity contribution >= 4 is 63.3 Å².